The maximum absolute atomic E-state index is 13.1. The normalized spacial score (nSPS) is 17.0. The van der Waals surface area contributed by atoms with Gasteiger partial charge in [0.2, 0.25) is 0 Å². The number of amides is 2. The van der Waals surface area contributed by atoms with Crippen molar-refractivity contribution < 1.29 is 4.79 Å². The summed E-state index contributed by atoms with van der Waals surface area (Å²) >= 11 is 0. The lowest BCUT2D eigenvalue weighted by Gasteiger charge is -2.39. The van der Waals surface area contributed by atoms with Crippen LogP contribution in [0.4, 0.5) is 22.1 Å². The number of hydrogen-bond acceptors (Lipinski definition) is 4. The van der Waals surface area contributed by atoms with Crippen LogP contribution in [0.15, 0.2) is 60.8 Å². The number of anilines is 3. The van der Waals surface area contributed by atoms with Gasteiger partial charge in [0.25, 0.3) is 0 Å². The van der Waals surface area contributed by atoms with Gasteiger partial charge in [-0.3, -0.25) is 10.2 Å². The summed E-state index contributed by atoms with van der Waals surface area (Å²) in [5.74, 6) is 1.71. The van der Waals surface area contributed by atoms with Gasteiger partial charge in [-0.05, 0) is 41.8 Å². The molecule has 1 fully saturated rings. The highest BCUT2D eigenvalue weighted by Gasteiger charge is 2.46. The summed E-state index contributed by atoms with van der Waals surface area (Å²) in [5, 5.41) is 2.90. The molecule has 29 heavy (non-hydrogen) atoms. The Morgan fingerprint density at radius 3 is 2.76 bits per heavy atom. The van der Waals surface area contributed by atoms with E-state index < -0.39 is 0 Å². The zero-order valence-corrected chi connectivity index (χ0v) is 16.5. The molecule has 2 aliphatic rings. The molecule has 0 spiro atoms. The highest BCUT2D eigenvalue weighted by molar-refractivity contribution is 6.06. The van der Waals surface area contributed by atoms with Gasteiger partial charge < -0.3 is 4.90 Å². The van der Waals surface area contributed by atoms with Crippen LogP contribution in [0.1, 0.15) is 31.7 Å². The van der Waals surface area contributed by atoms with Crippen LogP contribution in [0.5, 0.6) is 0 Å². The van der Waals surface area contributed by atoms with Crippen molar-refractivity contribution in [2.45, 2.75) is 32.4 Å². The van der Waals surface area contributed by atoms with Crippen LogP contribution in [-0.2, 0) is 0 Å². The lowest BCUT2D eigenvalue weighted by molar-refractivity contribution is 0.252. The average molecular weight is 385 g/mol. The van der Waals surface area contributed by atoms with Crippen LogP contribution in [0.25, 0.3) is 11.3 Å². The minimum atomic E-state index is -0.197. The van der Waals surface area contributed by atoms with Crippen LogP contribution in [0, 0.1) is 0 Å². The predicted molar refractivity (Wildman–Crippen MR) is 115 cm³/mol. The molecule has 6 heteroatoms. The molecule has 0 radical (unpaired) electrons. The van der Waals surface area contributed by atoms with Gasteiger partial charge in [-0.15, -0.1) is 0 Å². The van der Waals surface area contributed by atoms with E-state index in [9.17, 15) is 4.79 Å². The Kier molecular flexibility index (Phi) is 4.19. The molecule has 3 aromatic rings. The van der Waals surface area contributed by atoms with Gasteiger partial charge in [0.05, 0.1) is 11.4 Å². The quantitative estimate of drug-likeness (QED) is 0.700. The van der Waals surface area contributed by atoms with Crippen LogP contribution >= 0.6 is 0 Å². The van der Waals surface area contributed by atoms with E-state index in [0.29, 0.717) is 17.6 Å². The number of benzene rings is 1. The molecule has 1 unspecified atom stereocenters. The van der Waals surface area contributed by atoms with Gasteiger partial charge >= 0.3 is 6.03 Å². The van der Waals surface area contributed by atoms with E-state index in [-0.39, 0.29) is 12.2 Å². The van der Waals surface area contributed by atoms with Crippen molar-refractivity contribution in [3.05, 3.63) is 66.4 Å². The van der Waals surface area contributed by atoms with E-state index in [4.69, 9.17) is 4.98 Å². The minimum Gasteiger partial charge on any atom is -0.347 e. The first-order chi connectivity index (χ1) is 14.1. The highest BCUT2D eigenvalue weighted by atomic mass is 16.2. The van der Waals surface area contributed by atoms with E-state index in [2.05, 4.69) is 59.4 Å². The van der Waals surface area contributed by atoms with Gasteiger partial charge in [0.1, 0.15) is 12.0 Å². The second-order valence-corrected chi connectivity index (χ2v) is 7.80. The number of urea groups is 1. The number of aromatic nitrogens is 2. The topological polar surface area (TPSA) is 61.4 Å². The Morgan fingerprint density at radius 2 is 2.03 bits per heavy atom. The van der Waals surface area contributed by atoms with Gasteiger partial charge in [0, 0.05) is 24.7 Å². The Morgan fingerprint density at radius 1 is 1.14 bits per heavy atom. The number of rotatable bonds is 3. The first kappa shape index (κ1) is 17.7. The van der Waals surface area contributed by atoms with Gasteiger partial charge in [0.15, 0.2) is 5.82 Å². The van der Waals surface area contributed by atoms with Crippen molar-refractivity contribution in [2.24, 2.45) is 0 Å². The molecular weight excluding hydrogens is 362 g/mol. The van der Waals surface area contributed by atoms with Gasteiger partial charge in [-0.2, -0.15) is 0 Å². The van der Waals surface area contributed by atoms with E-state index in [1.54, 1.807) is 17.2 Å². The second kappa shape index (κ2) is 6.88. The minimum absolute atomic E-state index is 0.0264. The van der Waals surface area contributed by atoms with Crippen molar-refractivity contribution in [3.63, 3.8) is 0 Å². The smallest absolute Gasteiger partial charge is 0.330 e. The SMILES string of the molecule is CC(C)c1cccc(-c2ccc3c(n2)N(C(=O)Nc2ccccn2)C2CCN32)c1. The Balaban J connectivity index is 1.50. The largest absolute Gasteiger partial charge is 0.347 e. The van der Waals surface area contributed by atoms with Crippen molar-refractivity contribution in [1.29, 1.82) is 0 Å². The van der Waals surface area contributed by atoms with Crippen molar-refractivity contribution in [1.82, 2.24) is 9.97 Å². The summed E-state index contributed by atoms with van der Waals surface area (Å²) in [6.45, 7) is 5.31. The molecule has 6 nitrogen and oxygen atoms in total. The molecule has 2 aromatic heterocycles. The summed E-state index contributed by atoms with van der Waals surface area (Å²) in [5.41, 5.74) is 4.24. The van der Waals surface area contributed by atoms with Crippen LogP contribution in [0.3, 0.4) is 0 Å². The summed E-state index contributed by atoms with van der Waals surface area (Å²) in [7, 11) is 0. The van der Waals surface area contributed by atoms with Crippen LogP contribution < -0.4 is 15.1 Å². The number of fused-ring (bicyclic) bond motifs is 3. The zero-order chi connectivity index (χ0) is 20.0. The highest BCUT2D eigenvalue weighted by Crippen LogP contribution is 2.45. The molecule has 0 bridgehead atoms. The Labute approximate surface area is 170 Å². The molecule has 1 aromatic carbocycles. The number of nitrogens with zero attached hydrogens (tertiary/aromatic N) is 4. The van der Waals surface area contributed by atoms with Crippen molar-refractivity contribution in [3.8, 4) is 11.3 Å². The fourth-order valence-electron chi connectivity index (χ4n) is 3.96. The monoisotopic (exact) mass is 385 g/mol. The third-order valence-electron chi connectivity index (χ3n) is 5.65. The van der Waals surface area contributed by atoms with E-state index in [1.807, 2.05) is 18.2 Å². The summed E-state index contributed by atoms with van der Waals surface area (Å²) < 4.78 is 0. The maximum atomic E-state index is 13.1. The fraction of sp³-hybridized carbons (Fsp3) is 0.261. The molecule has 2 aliphatic heterocycles. The number of carbonyl (C=O) groups is 1. The summed E-state index contributed by atoms with van der Waals surface area (Å²) in [6.07, 6.45) is 2.63. The molecule has 1 N–H and O–H groups in total. The molecule has 1 saturated heterocycles. The lowest BCUT2D eigenvalue weighted by atomic mass is 9.99. The molecule has 0 saturated carbocycles. The van der Waals surface area contributed by atoms with E-state index in [0.717, 1.165) is 29.9 Å². The van der Waals surface area contributed by atoms with Gasteiger partial charge in [-0.1, -0.05) is 38.1 Å². The number of nitrogens with one attached hydrogen (secondary N) is 1. The standard InChI is InChI=1S/C23H23N5O/c1-15(2)16-6-5-7-17(14-16)18-9-10-19-22(25-18)28(21-11-13-27(19)21)23(29)26-20-8-3-4-12-24-20/h3-10,12,14-15,21H,11,13H2,1-2H3,(H,24,26,29). The lowest BCUT2D eigenvalue weighted by Crippen LogP contribution is -2.56. The van der Waals surface area contributed by atoms with Crippen molar-refractivity contribution in [2.75, 3.05) is 21.7 Å². The molecule has 0 aliphatic carbocycles. The number of pyridine rings is 2. The molecule has 5 rings (SSSR count). The summed E-state index contributed by atoms with van der Waals surface area (Å²) in [4.78, 5) is 26.2. The van der Waals surface area contributed by atoms with E-state index in [1.165, 1.54) is 5.56 Å². The average Bonchev–Trinajstić information content (AvgIpc) is 2.94. The first-order valence-electron chi connectivity index (χ1n) is 10.0. The van der Waals surface area contributed by atoms with E-state index >= 15 is 0 Å². The first-order valence-corrected chi connectivity index (χ1v) is 10.0. The van der Waals surface area contributed by atoms with Crippen LogP contribution in [0.2, 0.25) is 0 Å². The Bertz CT molecular complexity index is 1070. The molecular formula is C23H23N5O. The third-order valence-corrected chi connectivity index (χ3v) is 5.65. The summed E-state index contributed by atoms with van der Waals surface area (Å²) in [6, 6.07) is 17.9. The number of hydrogen-bond donors (Lipinski definition) is 1. The zero-order valence-electron chi connectivity index (χ0n) is 16.5. The molecule has 146 valence electrons. The molecule has 4 heterocycles. The maximum Gasteiger partial charge on any atom is 0.330 e. The van der Waals surface area contributed by atoms with Gasteiger partial charge in [-0.25, -0.2) is 14.8 Å². The predicted octanol–water partition coefficient (Wildman–Crippen LogP) is 4.86. The van der Waals surface area contributed by atoms with Crippen LogP contribution in [-0.4, -0.2) is 28.7 Å². The third kappa shape index (κ3) is 3.01. The fourth-order valence-corrected chi connectivity index (χ4v) is 3.96. The second-order valence-electron chi connectivity index (χ2n) is 7.80. The molecule has 2 amide bonds. The number of carbonyl (C=O) groups excluding carboxylic acids is 1. The van der Waals surface area contributed by atoms with Crippen molar-refractivity contribution >= 4 is 23.4 Å². The molecule has 1 atom stereocenters. The Hall–Kier alpha value is -3.41.